The molecule has 0 saturated heterocycles. The van der Waals surface area contributed by atoms with Crippen molar-refractivity contribution >= 4 is 53.2 Å². The number of aryl methyl sites for hydroxylation is 1. The van der Waals surface area contributed by atoms with E-state index in [4.69, 9.17) is 0 Å². The number of nitrogens with one attached hydrogen (secondary N) is 1. The summed E-state index contributed by atoms with van der Waals surface area (Å²) in [4.78, 5) is 0.608. The molecule has 108 valence electrons. The Kier molecular flexibility index (Phi) is 5.50. The smallest absolute Gasteiger partial charge is 0.210 e. The first-order chi connectivity index (χ1) is 8.88. The second-order valence-corrected chi connectivity index (χ2v) is 10.7. The number of thiophene rings is 1. The van der Waals surface area contributed by atoms with Crippen LogP contribution in [0.25, 0.3) is 0 Å². The lowest BCUT2D eigenvalue weighted by Gasteiger charge is -2.25. The number of alkyl halides is 1. The van der Waals surface area contributed by atoms with Crippen LogP contribution >= 0.6 is 43.2 Å². The maximum atomic E-state index is 12.2. The van der Waals surface area contributed by atoms with Crippen LogP contribution in [0.5, 0.6) is 0 Å². The summed E-state index contributed by atoms with van der Waals surface area (Å²) in [7, 11) is -3.35. The predicted molar refractivity (Wildman–Crippen MR) is 86.6 cm³/mol. The van der Waals surface area contributed by atoms with Crippen molar-refractivity contribution < 1.29 is 8.42 Å². The largest absolute Gasteiger partial charge is 0.250 e. The lowest BCUT2D eigenvalue weighted by atomic mass is 9.89. The Hall–Kier alpha value is 0.570. The Bertz CT molecular complexity index is 514. The van der Waals surface area contributed by atoms with E-state index in [1.165, 1.54) is 11.3 Å². The van der Waals surface area contributed by atoms with Crippen LogP contribution in [0.3, 0.4) is 0 Å². The van der Waals surface area contributed by atoms with Crippen LogP contribution < -0.4 is 4.72 Å². The average Bonchev–Trinajstić information content (AvgIpc) is 2.70. The van der Waals surface area contributed by atoms with Crippen LogP contribution in [0.2, 0.25) is 0 Å². The summed E-state index contributed by atoms with van der Waals surface area (Å²) in [5.74, 6) is 0.466. The topological polar surface area (TPSA) is 46.2 Å². The molecule has 0 atom stereocenters. The fourth-order valence-corrected chi connectivity index (χ4v) is 6.10. The molecule has 2 rings (SSSR count). The van der Waals surface area contributed by atoms with Crippen molar-refractivity contribution in [1.82, 2.24) is 4.72 Å². The highest BCUT2D eigenvalue weighted by molar-refractivity contribution is 9.11. The highest BCUT2D eigenvalue weighted by Crippen LogP contribution is 2.31. The van der Waals surface area contributed by atoms with Crippen molar-refractivity contribution in [2.75, 3.05) is 6.54 Å². The van der Waals surface area contributed by atoms with Gasteiger partial charge in [-0.25, -0.2) is 13.1 Å². The van der Waals surface area contributed by atoms with Crippen molar-refractivity contribution in [1.29, 1.82) is 0 Å². The summed E-state index contributed by atoms with van der Waals surface area (Å²) in [5.41, 5.74) is 0.963. The van der Waals surface area contributed by atoms with Crippen molar-refractivity contribution in [3.8, 4) is 0 Å². The molecule has 1 heterocycles. The van der Waals surface area contributed by atoms with Gasteiger partial charge in [-0.15, -0.1) is 11.3 Å². The molecule has 0 spiro atoms. The van der Waals surface area contributed by atoms with E-state index in [0.717, 1.165) is 35.0 Å². The predicted octanol–water partition coefficient (Wildman–Crippen LogP) is 4.05. The minimum Gasteiger partial charge on any atom is -0.210 e. The molecule has 0 bridgehead atoms. The van der Waals surface area contributed by atoms with Gasteiger partial charge < -0.3 is 0 Å². The summed E-state index contributed by atoms with van der Waals surface area (Å²) in [6.45, 7) is 2.45. The number of rotatable bonds is 4. The molecule has 1 aliphatic carbocycles. The quantitative estimate of drug-likeness (QED) is 0.732. The summed E-state index contributed by atoms with van der Waals surface area (Å²) in [5, 5.41) is 0. The Labute approximate surface area is 135 Å². The number of hydrogen-bond donors (Lipinski definition) is 1. The zero-order valence-corrected chi connectivity index (χ0v) is 15.5. The fraction of sp³-hybridized carbons (Fsp3) is 0.667. The third-order valence-electron chi connectivity index (χ3n) is 3.44. The molecule has 0 unspecified atom stereocenters. The van der Waals surface area contributed by atoms with Crippen LogP contribution in [0.15, 0.2) is 14.1 Å². The van der Waals surface area contributed by atoms with Gasteiger partial charge >= 0.3 is 0 Å². The molecule has 0 aliphatic heterocycles. The van der Waals surface area contributed by atoms with Gasteiger partial charge in [-0.1, -0.05) is 15.9 Å². The Balaban J connectivity index is 1.94. The molecule has 1 N–H and O–H groups in total. The fourth-order valence-electron chi connectivity index (χ4n) is 2.19. The summed E-state index contributed by atoms with van der Waals surface area (Å²) in [6, 6.07) is 1.71. The molecule has 1 aliphatic rings. The van der Waals surface area contributed by atoms with Gasteiger partial charge in [0.05, 0.1) is 3.79 Å². The molecule has 1 fully saturated rings. The van der Waals surface area contributed by atoms with E-state index < -0.39 is 10.0 Å². The Morgan fingerprint density at radius 2 is 2.00 bits per heavy atom. The lowest BCUT2D eigenvalue weighted by Crippen LogP contribution is -2.31. The molecule has 19 heavy (non-hydrogen) atoms. The highest BCUT2D eigenvalue weighted by Gasteiger charge is 2.23. The van der Waals surface area contributed by atoms with Crippen molar-refractivity contribution in [2.24, 2.45) is 5.92 Å². The first-order valence-electron chi connectivity index (χ1n) is 6.28. The molecule has 1 saturated carbocycles. The molecular weight excluding hydrogens is 414 g/mol. The lowest BCUT2D eigenvalue weighted by molar-refractivity contribution is 0.366. The molecule has 1 aromatic heterocycles. The van der Waals surface area contributed by atoms with Gasteiger partial charge in [0.15, 0.2) is 0 Å². The highest BCUT2D eigenvalue weighted by atomic mass is 79.9. The van der Waals surface area contributed by atoms with Crippen LogP contribution in [-0.2, 0) is 10.0 Å². The van der Waals surface area contributed by atoms with Gasteiger partial charge in [0.1, 0.15) is 4.21 Å². The van der Waals surface area contributed by atoms with Gasteiger partial charge in [0, 0.05) is 11.4 Å². The van der Waals surface area contributed by atoms with E-state index in [9.17, 15) is 8.42 Å². The zero-order chi connectivity index (χ0) is 14.0. The van der Waals surface area contributed by atoms with Gasteiger partial charge in [-0.05, 0) is 66.1 Å². The Morgan fingerprint density at radius 1 is 1.37 bits per heavy atom. The summed E-state index contributed by atoms with van der Waals surface area (Å²) >= 11 is 8.24. The second-order valence-electron chi connectivity index (χ2n) is 4.99. The molecular formula is C12H17Br2NO2S2. The Morgan fingerprint density at radius 3 is 2.53 bits per heavy atom. The van der Waals surface area contributed by atoms with Gasteiger partial charge in [-0.3, -0.25) is 0 Å². The summed E-state index contributed by atoms with van der Waals surface area (Å²) < 4.78 is 28.4. The third kappa shape index (κ3) is 4.27. The molecule has 0 amide bonds. The van der Waals surface area contributed by atoms with Gasteiger partial charge in [0.2, 0.25) is 10.0 Å². The van der Waals surface area contributed by atoms with Gasteiger partial charge in [-0.2, -0.15) is 0 Å². The standard InChI is InChI=1S/C12H17Br2NO2S2/c1-8-6-11(18-12(8)14)19(16,17)15-7-9-2-4-10(13)5-3-9/h6,9-10,15H,2-5,7H2,1H3. The van der Waals surface area contributed by atoms with E-state index in [1.54, 1.807) is 6.07 Å². The van der Waals surface area contributed by atoms with Crippen LogP contribution in [-0.4, -0.2) is 19.8 Å². The van der Waals surface area contributed by atoms with Crippen LogP contribution in [0, 0.1) is 12.8 Å². The molecule has 1 aromatic rings. The van der Waals surface area contributed by atoms with E-state index in [0.29, 0.717) is 21.5 Å². The van der Waals surface area contributed by atoms with Crippen molar-refractivity contribution in [3.63, 3.8) is 0 Å². The maximum Gasteiger partial charge on any atom is 0.250 e. The number of sulfonamides is 1. The van der Waals surface area contributed by atoms with E-state index in [1.807, 2.05) is 6.92 Å². The maximum absolute atomic E-state index is 12.2. The molecule has 0 aromatic carbocycles. The third-order valence-corrected chi connectivity index (χ3v) is 8.39. The van der Waals surface area contributed by atoms with E-state index in [2.05, 4.69) is 36.6 Å². The first kappa shape index (κ1) is 15.9. The van der Waals surface area contributed by atoms with E-state index in [-0.39, 0.29) is 0 Å². The monoisotopic (exact) mass is 429 g/mol. The van der Waals surface area contributed by atoms with E-state index >= 15 is 0 Å². The zero-order valence-electron chi connectivity index (χ0n) is 10.7. The van der Waals surface area contributed by atoms with Gasteiger partial charge in [0.25, 0.3) is 0 Å². The normalized spacial score (nSPS) is 24.6. The van der Waals surface area contributed by atoms with Crippen molar-refractivity contribution in [3.05, 3.63) is 15.4 Å². The van der Waals surface area contributed by atoms with Crippen LogP contribution in [0.1, 0.15) is 31.2 Å². The molecule has 3 nitrogen and oxygen atoms in total. The number of halogens is 2. The first-order valence-corrected chi connectivity index (χ1v) is 10.3. The summed E-state index contributed by atoms with van der Waals surface area (Å²) in [6.07, 6.45) is 4.45. The minimum absolute atomic E-state index is 0.394. The molecule has 0 radical (unpaired) electrons. The number of hydrogen-bond acceptors (Lipinski definition) is 3. The average molecular weight is 431 g/mol. The minimum atomic E-state index is -3.35. The van der Waals surface area contributed by atoms with Crippen LogP contribution in [0.4, 0.5) is 0 Å². The van der Waals surface area contributed by atoms with Crippen molar-refractivity contribution in [2.45, 2.75) is 41.6 Å². The second kappa shape index (κ2) is 6.56. The SMILES string of the molecule is Cc1cc(S(=O)(=O)NCC2CCC(Br)CC2)sc1Br. The molecule has 7 heteroatoms.